The first-order valence-electron chi connectivity index (χ1n) is 11.0. The minimum atomic E-state index is -0.434. The Morgan fingerprint density at radius 3 is 2.39 bits per heavy atom. The molecule has 1 heterocycles. The number of likely N-dealkylation sites (tertiary alicyclic amines) is 1. The molecule has 0 unspecified atom stereocenters. The van der Waals surface area contributed by atoms with Gasteiger partial charge in [-0.2, -0.15) is 0 Å². The molecule has 0 bridgehead atoms. The van der Waals surface area contributed by atoms with Gasteiger partial charge >= 0.3 is 0 Å². The molecular weight excluding hydrogens is 410 g/mol. The van der Waals surface area contributed by atoms with Gasteiger partial charge in [-0.25, -0.2) is 0 Å². The molecule has 2 amide bonds. The van der Waals surface area contributed by atoms with Gasteiger partial charge in [-0.1, -0.05) is 61.0 Å². The molecule has 0 aromatic heterocycles. The fraction of sp³-hybridized carbons (Fsp3) is 0.440. The summed E-state index contributed by atoms with van der Waals surface area (Å²) in [6, 6.07) is 16.3. The standard InChI is InChI=1S/C25H32ClN3O2/c1-18-12-14-29(15-13-18)19(2)17-27-24(30)16-23(20-8-4-3-5-9-20)28-25(31)21-10-6-7-11-22(21)26/h3-11,18-19,23H,12-17H2,1-2H3,(H,27,30)(H,28,31)/t19-,23+/m1/s1. The van der Waals surface area contributed by atoms with Crippen LogP contribution in [0, 0.1) is 5.92 Å². The SMILES string of the molecule is CC1CCN([C@H](C)CNC(=O)C[C@H](NC(=O)c2ccccc2Cl)c2ccccc2)CC1. The summed E-state index contributed by atoms with van der Waals surface area (Å²) in [4.78, 5) is 28.0. The lowest BCUT2D eigenvalue weighted by atomic mass is 9.98. The van der Waals surface area contributed by atoms with Crippen LogP contribution in [0.25, 0.3) is 0 Å². The van der Waals surface area contributed by atoms with Crippen LogP contribution in [0.4, 0.5) is 0 Å². The lowest BCUT2D eigenvalue weighted by Gasteiger charge is -2.35. The molecule has 2 aromatic rings. The van der Waals surface area contributed by atoms with E-state index in [1.54, 1.807) is 24.3 Å². The van der Waals surface area contributed by atoms with Gasteiger partial charge in [0.15, 0.2) is 0 Å². The van der Waals surface area contributed by atoms with Crippen LogP contribution in [-0.2, 0) is 4.79 Å². The summed E-state index contributed by atoms with van der Waals surface area (Å²) in [7, 11) is 0. The fourth-order valence-electron chi connectivity index (χ4n) is 3.94. The Morgan fingerprint density at radius 2 is 1.71 bits per heavy atom. The Balaban J connectivity index is 1.60. The third kappa shape index (κ3) is 6.81. The molecule has 1 aliphatic rings. The molecule has 0 aliphatic carbocycles. The van der Waals surface area contributed by atoms with Crippen molar-refractivity contribution in [1.29, 1.82) is 0 Å². The minimum Gasteiger partial charge on any atom is -0.354 e. The first-order chi connectivity index (χ1) is 14.9. The highest BCUT2D eigenvalue weighted by Crippen LogP contribution is 2.21. The molecule has 2 atom stereocenters. The predicted molar refractivity (Wildman–Crippen MR) is 125 cm³/mol. The van der Waals surface area contributed by atoms with Gasteiger partial charge in [0.25, 0.3) is 5.91 Å². The molecule has 0 saturated carbocycles. The summed E-state index contributed by atoms with van der Waals surface area (Å²) >= 11 is 6.18. The second-order valence-corrected chi connectivity index (χ2v) is 8.90. The zero-order valence-corrected chi connectivity index (χ0v) is 19.1. The van der Waals surface area contributed by atoms with Crippen molar-refractivity contribution in [1.82, 2.24) is 15.5 Å². The number of rotatable bonds is 8. The maximum Gasteiger partial charge on any atom is 0.253 e. The van der Waals surface area contributed by atoms with Crippen LogP contribution in [0.5, 0.6) is 0 Å². The lowest BCUT2D eigenvalue weighted by molar-refractivity contribution is -0.121. The molecule has 2 aromatic carbocycles. The topological polar surface area (TPSA) is 61.4 Å². The van der Waals surface area contributed by atoms with E-state index in [4.69, 9.17) is 11.6 Å². The number of halogens is 1. The minimum absolute atomic E-state index is 0.0782. The third-order valence-corrected chi connectivity index (χ3v) is 6.38. The van der Waals surface area contributed by atoms with Crippen molar-refractivity contribution in [3.63, 3.8) is 0 Å². The van der Waals surface area contributed by atoms with E-state index in [0.717, 1.165) is 24.6 Å². The molecule has 166 valence electrons. The van der Waals surface area contributed by atoms with E-state index in [1.807, 2.05) is 30.3 Å². The summed E-state index contributed by atoms with van der Waals surface area (Å²) in [5.41, 5.74) is 1.29. The molecule has 6 heteroatoms. The second-order valence-electron chi connectivity index (χ2n) is 8.49. The van der Waals surface area contributed by atoms with E-state index < -0.39 is 6.04 Å². The maximum atomic E-state index is 12.8. The highest BCUT2D eigenvalue weighted by Gasteiger charge is 2.23. The van der Waals surface area contributed by atoms with E-state index in [1.165, 1.54) is 12.8 Å². The van der Waals surface area contributed by atoms with E-state index in [0.29, 0.717) is 23.2 Å². The van der Waals surface area contributed by atoms with Gasteiger partial charge in [-0.15, -0.1) is 0 Å². The van der Waals surface area contributed by atoms with Crippen molar-refractivity contribution < 1.29 is 9.59 Å². The van der Waals surface area contributed by atoms with Crippen LogP contribution in [-0.4, -0.2) is 42.4 Å². The molecule has 3 rings (SSSR count). The maximum absolute atomic E-state index is 12.8. The van der Waals surface area contributed by atoms with Gasteiger partial charge in [-0.3, -0.25) is 14.5 Å². The van der Waals surface area contributed by atoms with Crippen molar-refractivity contribution in [3.05, 3.63) is 70.7 Å². The molecular formula is C25H32ClN3O2. The summed E-state index contributed by atoms with van der Waals surface area (Å²) in [5, 5.41) is 6.43. The number of hydrogen-bond acceptors (Lipinski definition) is 3. The van der Waals surface area contributed by atoms with Crippen LogP contribution >= 0.6 is 11.6 Å². The number of carbonyl (C=O) groups is 2. The number of nitrogens with one attached hydrogen (secondary N) is 2. The van der Waals surface area contributed by atoms with Crippen molar-refractivity contribution >= 4 is 23.4 Å². The molecule has 2 N–H and O–H groups in total. The van der Waals surface area contributed by atoms with Gasteiger partial charge in [0.2, 0.25) is 5.91 Å². The quantitative estimate of drug-likeness (QED) is 0.636. The molecule has 31 heavy (non-hydrogen) atoms. The molecule has 0 spiro atoms. The van der Waals surface area contributed by atoms with E-state index >= 15 is 0 Å². The van der Waals surface area contributed by atoms with Crippen molar-refractivity contribution in [3.8, 4) is 0 Å². The predicted octanol–water partition coefficient (Wildman–Crippen LogP) is 4.44. The molecule has 0 radical (unpaired) electrons. The van der Waals surface area contributed by atoms with E-state index in [9.17, 15) is 9.59 Å². The van der Waals surface area contributed by atoms with Gasteiger partial charge in [-0.05, 0) is 56.5 Å². The Morgan fingerprint density at radius 1 is 1.06 bits per heavy atom. The summed E-state index contributed by atoms with van der Waals surface area (Å²) in [6.07, 6.45) is 2.59. The molecule has 1 saturated heterocycles. The fourth-order valence-corrected chi connectivity index (χ4v) is 4.16. The van der Waals surface area contributed by atoms with Crippen LogP contribution in [0.3, 0.4) is 0 Å². The summed E-state index contributed by atoms with van der Waals surface area (Å²) in [6.45, 7) is 7.22. The van der Waals surface area contributed by atoms with E-state index in [2.05, 4.69) is 29.4 Å². The average Bonchev–Trinajstić information content (AvgIpc) is 2.78. The van der Waals surface area contributed by atoms with Crippen molar-refractivity contribution in [2.24, 2.45) is 5.92 Å². The lowest BCUT2D eigenvalue weighted by Crippen LogP contribution is -2.46. The van der Waals surface area contributed by atoms with Crippen LogP contribution in [0.15, 0.2) is 54.6 Å². The monoisotopic (exact) mass is 441 g/mol. The van der Waals surface area contributed by atoms with Crippen molar-refractivity contribution in [2.75, 3.05) is 19.6 Å². The Labute approximate surface area is 190 Å². The van der Waals surface area contributed by atoms with Crippen LogP contribution in [0.1, 0.15) is 55.1 Å². The number of nitrogens with zero attached hydrogens (tertiary/aromatic N) is 1. The first-order valence-corrected chi connectivity index (χ1v) is 11.4. The zero-order chi connectivity index (χ0) is 22.2. The van der Waals surface area contributed by atoms with Crippen LogP contribution in [0.2, 0.25) is 5.02 Å². The normalized spacial score (nSPS) is 17.0. The zero-order valence-electron chi connectivity index (χ0n) is 18.3. The molecule has 1 aliphatic heterocycles. The number of hydrogen-bond donors (Lipinski definition) is 2. The number of amides is 2. The van der Waals surface area contributed by atoms with Gasteiger partial charge in [0.05, 0.1) is 23.0 Å². The van der Waals surface area contributed by atoms with E-state index in [-0.39, 0.29) is 18.2 Å². The third-order valence-electron chi connectivity index (χ3n) is 6.05. The molecule has 1 fully saturated rings. The Hall–Kier alpha value is -2.37. The van der Waals surface area contributed by atoms with Gasteiger partial charge in [0.1, 0.15) is 0 Å². The summed E-state index contributed by atoms with van der Waals surface area (Å²) in [5.74, 6) is 0.417. The number of benzene rings is 2. The highest BCUT2D eigenvalue weighted by molar-refractivity contribution is 6.33. The smallest absolute Gasteiger partial charge is 0.253 e. The van der Waals surface area contributed by atoms with Gasteiger partial charge in [0, 0.05) is 12.6 Å². The average molecular weight is 442 g/mol. The summed E-state index contributed by atoms with van der Waals surface area (Å²) < 4.78 is 0. The largest absolute Gasteiger partial charge is 0.354 e. The van der Waals surface area contributed by atoms with Crippen molar-refractivity contribution in [2.45, 2.75) is 45.2 Å². The number of piperidine rings is 1. The highest BCUT2D eigenvalue weighted by atomic mass is 35.5. The Kier molecular flexibility index (Phi) is 8.50. The second kappa shape index (κ2) is 11.3. The Bertz CT molecular complexity index is 866. The first kappa shape index (κ1) is 23.3. The van der Waals surface area contributed by atoms with Gasteiger partial charge < -0.3 is 10.6 Å². The number of carbonyl (C=O) groups excluding carboxylic acids is 2. The van der Waals surface area contributed by atoms with Crippen LogP contribution < -0.4 is 10.6 Å². The molecule has 5 nitrogen and oxygen atoms in total.